The maximum atomic E-state index is 5.86. The van der Waals surface area contributed by atoms with Gasteiger partial charge in [0, 0.05) is 12.0 Å². The van der Waals surface area contributed by atoms with Crippen LogP contribution < -0.4 is 10.5 Å². The van der Waals surface area contributed by atoms with Crippen molar-refractivity contribution < 1.29 is 4.74 Å². The highest BCUT2D eigenvalue weighted by Crippen LogP contribution is 2.49. The van der Waals surface area contributed by atoms with Crippen molar-refractivity contribution in [2.45, 2.75) is 32.1 Å². The summed E-state index contributed by atoms with van der Waals surface area (Å²) in [6.45, 7) is 4.97. The van der Waals surface area contributed by atoms with Crippen LogP contribution in [0.15, 0.2) is 12.1 Å². The molecule has 0 aliphatic heterocycles. The van der Waals surface area contributed by atoms with Gasteiger partial charge in [0.05, 0.1) is 7.11 Å². The molecule has 0 saturated heterocycles. The molecule has 1 aliphatic rings. The van der Waals surface area contributed by atoms with Crippen molar-refractivity contribution in [3.8, 4) is 5.75 Å². The van der Waals surface area contributed by atoms with Gasteiger partial charge in [-0.05, 0) is 43.4 Å². The fourth-order valence-corrected chi connectivity index (χ4v) is 2.45. The summed E-state index contributed by atoms with van der Waals surface area (Å²) < 4.78 is 5.44. The normalized spacial score (nSPS) is 17.6. The van der Waals surface area contributed by atoms with E-state index in [2.05, 4.69) is 26.0 Å². The number of nitrogens with two attached hydrogens (primary N) is 1. The van der Waals surface area contributed by atoms with Crippen molar-refractivity contribution in [3.63, 3.8) is 0 Å². The summed E-state index contributed by atoms with van der Waals surface area (Å²) in [5, 5.41) is 0. The molecule has 0 aromatic heterocycles. The Labute approximate surface area is 91.4 Å². The summed E-state index contributed by atoms with van der Waals surface area (Å²) in [5.74, 6) is 1.02. The molecule has 0 atom stereocenters. The lowest BCUT2D eigenvalue weighted by molar-refractivity contribution is 0.407. The maximum absolute atomic E-state index is 5.86. The second kappa shape index (κ2) is 3.53. The molecule has 15 heavy (non-hydrogen) atoms. The lowest BCUT2D eigenvalue weighted by Crippen LogP contribution is -2.21. The first kappa shape index (κ1) is 10.5. The average molecular weight is 205 g/mol. The molecule has 2 N–H and O–H groups in total. The number of rotatable bonds is 3. The Kier molecular flexibility index (Phi) is 2.47. The van der Waals surface area contributed by atoms with Crippen LogP contribution in [0, 0.1) is 13.8 Å². The smallest absolute Gasteiger partial charge is 0.124 e. The van der Waals surface area contributed by atoms with E-state index in [0.29, 0.717) is 0 Å². The highest BCUT2D eigenvalue weighted by molar-refractivity contribution is 5.50. The van der Waals surface area contributed by atoms with Crippen molar-refractivity contribution in [1.82, 2.24) is 0 Å². The minimum atomic E-state index is 0.255. The van der Waals surface area contributed by atoms with Crippen LogP contribution in [-0.4, -0.2) is 13.7 Å². The fourth-order valence-electron chi connectivity index (χ4n) is 2.45. The quantitative estimate of drug-likeness (QED) is 0.821. The predicted molar refractivity (Wildman–Crippen MR) is 62.4 cm³/mol. The lowest BCUT2D eigenvalue weighted by atomic mass is 9.90. The van der Waals surface area contributed by atoms with E-state index in [-0.39, 0.29) is 5.41 Å². The summed E-state index contributed by atoms with van der Waals surface area (Å²) in [7, 11) is 1.74. The van der Waals surface area contributed by atoms with Crippen molar-refractivity contribution in [1.29, 1.82) is 0 Å². The van der Waals surface area contributed by atoms with E-state index in [1.807, 2.05) is 0 Å². The van der Waals surface area contributed by atoms with E-state index in [4.69, 9.17) is 10.5 Å². The van der Waals surface area contributed by atoms with Gasteiger partial charge in [-0.15, -0.1) is 0 Å². The molecule has 0 amide bonds. The van der Waals surface area contributed by atoms with Gasteiger partial charge < -0.3 is 10.5 Å². The molecule has 2 heteroatoms. The number of hydrogen-bond acceptors (Lipinski definition) is 2. The third-order valence-corrected chi connectivity index (χ3v) is 3.62. The first-order valence-electron chi connectivity index (χ1n) is 5.49. The Balaban J connectivity index is 2.50. The van der Waals surface area contributed by atoms with Crippen LogP contribution in [0.2, 0.25) is 0 Å². The zero-order valence-electron chi connectivity index (χ0n) is 9.76. The monoisotopic (exact) mass is 205 g/mol. The summed E-state index contributed by atoms with van der Waals surface area (Å²) in [5.41, 5.74) is 9.96. The SMILES string of the molecule is COc1c(C)ccc(C2(CN)CC2)c1C. The molecular weight excluding hydrogens is 186 g/mol. The standard InChI is InChI=1S/C13H19NO/c1-9-4-5-11(10(2)12(9)15-3)13(8-14)6-7-13/h4-5H,6-8,14H2,1-3H3. The van der Waals surface area contributed by atoms with Gasteiger partial charge in [0.1, 0.15) is 5.75 Å². The van der Waals surface area contributed by atoms with Crippen molar-refractivity contribution in [2.24, 2.45) is 5.73 Å². The van der Waals surface area contributed by atoms with Gasteiger partial charge in [-0.3, -0.25) is 0 Å². The molecule has 0 unspecified atom stereocenters. The first-order valence-corrected chi connectivity index (χ1v) is 5.49. The summed E-state index contributed by atoms with van der Waals surface area (Å²) in [4.78, 5) is 0. The van der Waals surface area contributed by atoms with Gasteiger partial charge in [0.25, 0.3) is 0 Å². The lowest BCUT2D eigenvalue weighted by Gasteiger charge is -2.19. The Bertz CT molecular complexity index is 380. The maximum Gasteiger partial charge on any atom is 0.124 e. The second-order valence-corrected chi connectivity index (χ2v) is 4.57. The molecule has 1 aromatic rings. The van der Waals surface area contributed by atoms with Crippen molar-refractivity contribution in [2.75, 3.05) is 13.7 Å². The zero-order chi connectivity index (χ0) is 11.1. The predicted octanol–water partition coefficient (Wildman–Crippen LogP) is 2.30. The molecule has 0 spiro atoms. The van der Waals surface area contributed by atoms with E-state index in [1.165, 1.54) is 29.5 Å². The Morgan fingerprint density at radius 2 is 2.00 bits per heavy atom. The summed E-state index contributed by atoms with van der Waals surface area (Å²) in [6.07, 6.45) is 2.44. The molecule has 0 radical (unpaired) electrons. The van der Waals surface area contributed by atoms with Crippen LogP contribution >= 0.6 is 0 Å². The topological polar surface area (TPSA) is 35.2 Å². The third kappa shape index (κ3) is 1.53. The van der Waals surface area contributed by atoms with E-state index in [1.54, 1.807) is 7.11 Å². The molecule has 1 aliphatic carbocycles. The van der Waals surface area contributed by atoms with Gasteiger partial charge in [-0.1, -0.05) is 12.1 Å². The fraction of sp³-hybridized carbons (Fsp3) is 0.538. The van der Waals surface area contributed by atoms with Gasteiger partial charge in [0.2, 0.25) is 0 Å². The Hall–Kier alpha value is -1.02. The highest BCUT2D eigenvalue weighted by atomic mass is 16.5. The average Bonchev–Trinajstić information content (AvgIpc) is 2.99. The number of aryl methyl sites for hydroxylation is 1. The van der Waals surface area contributed by atoms with Gasteiger partial charge in [-0.25, -0.2) is 0 Å². The van der Waals surface area contributed by atoms with Crippen LogP contribution in [-0.2, 0) is 5.41 Å². The minimum absolute atomic E-state index is 0.255. The Morgan fingerprint density at radius 1 is 1.33 bits per heavy atom. The summed E-state index contributed by atoms with van der Waals surface area (Å²) in [6, 6.07) is 4.35. The van der Waals surface area contributed by atoms with E-state index in [0.717, 1.165) is 12.3 Å². The van der Waals surface area contributed by atoms with Crippen LogP contribution in [0.25, 0.3) is 0 Å². The second-order valence-electron chi connectivity index (χ2n) is 4.57. The van der Waals surface area contributed by atoms with Crippen LogP contribution in [0.1, 0.15) is 29.5 Å². The van der Waals surface area contributed by atoms with E-state index in [9.17, 15) is 0 Å². The van der Waals surface area contributed by atoms with Crippen LogP contribution in [0.3, 0.4) is 0 Å². The van der Waals surface area contributed by atoms with Crippen molar-refractivity contribution in [3.05, 3.63) is 28.8 Å². The largest absolute Gasteiger partial charge is 0.496 e. The van der Waals surface area contributed by atoms with E-state index >= 15 is 0 Å². The molecule has 0 bridgehead atoms. The number of ether oxygens (including phenoxy) is 1. The van der Waals surface area contributed by atoms with Gasteiger partial charge >= 0.3 is 0 Å². The zero-order valence-corrected chi connectivity index (χ0v) is 9.76. The molecule has 2 nitrogen and oxygen atoms in total. The molecule has 1 fully saturated rings. The van der Waals surface area contributed by atoms with Crippen LogP contribution in [0.4, 0.5) is 0 Å². The van der Waals surface area contributed by atoms with Gasteiger partial charge in [0.15, 0.2) is 0 Å². The number of hydrogen-bond donors (Lipinski definition) is 1. The third-order valence-electron chi connectivity index (χ3n) is 3.62. The highest BCUT2D eigenvalue weighted by Gasteiger charge is 2.44. The number of benzene rings is 1. The molecule has 1 aromatic carbocycles. The van der Waals surface area contributed by atoms with E-state index < -0.39 is 0 Å². The molecular formula is C13H19NO. The van der Waals surface area contributed by atoms with Crippen molar-refractivity contribution >= 4 is 0 Å². The number of methoxy groups -OCH3 is 1. The summed E-state index contributed by atoms with van der Waals surface area (Å²) >= 11 is 0. The molecule has 0 heterocycles. The van der Waals surface area contributed by atoms with Crippen LogP contribution in [0.5, 0.6) is 5.75 Å². The molecule has 2 rings (SSSR count). The molecule has 82 valence electrons. The Morgan fingerprint density at radius 3 is 2.47 bits per heavy atom. The minimum Gasteiger partial charge on any atom is -0.496 e. The van der Waals surface area contributed by atoms with Gasteiger partial charge in [-0.2, -0.15) is 0 Å². The molecule has 1 saturated carbocycles. The first-order chi connectivity index (χ1) is 7.14.